The van der Waals surface area contributed by atoms with Gasteiger partial charge in [0.15, 0.2) is 0 Å². The lowest BCUT2D eigenvalue weighted by atomic mass is 10.1. The number of carbonyl (C=O) groups excluding carboxylic acids is 1. The Hall–Kier alpha value is -1.53. The molecule has 1 aromatic heterocycles. The van der Waals surface area contributed by atoms with Crippen LogP contribution in [0.1, 0.15) is 57.9 Å². The Balaban J connectivity index is 1.57. The molecular formula is C21H30ClN3O3. The molecule has 2 aliphatic heterocycles. The van der Waals surface area contributed by atoms with Gasteiger partial charge in [0, 0.05) is 26.2 Å². The lowest BCUT2D eigenvalue weighted by Crippen LogP contribution is -2.58. The number of amides is 1. The Morgan fingerprint density at radius 1 is 1.32 bits per heavy atom. The van der Waals surface area contributed by atoms with E-state index < -0.39 is 5.60 Å². The van der Waals surface area contributed by atoms with Gasteiger partial charge in [-0.2, -0.15) is 0 Å². The molecule has 1 aliphatic carbocycles. The Morgan fingerprint density at radius 2 is 2.04 bits per heavy atom. The van der Waals surface area contributed by atoms with Gasteiger partial charge in [0.25, 0.3) is 0 Å². The third-order valence-electron chi connectivity index (χ3n) is 5.77. The summed E-state index contributed by atoms with van der Waals surface area (Å²) in [4.78, 5) is 21.7. The van der Waals surface area contributed by atoms with Crippen LogP contribution in [-0.2, 0) is 15.9 Å². The largest absolute Gasteiger partial charge is 0.444 e. The fraction of sp³-hybridized carbons (Fsp3) is 0.714. The standard InChI is InChI=1S/C21H30ClN3O3/c1-12-10-24(20(26)28-21(2,3)4)11-15-8-14-9-16(22)17(23-19(14)25(12)15)18(27-5)13-6-7-13/h9,12-13,15,18H,6-8,10-11H2,1-5H3/t12-,15-,18?/m1/s1. The van der Waals surface area contributed by atoms with Gasteiger partial charge in [0.1, 0.15) is 17.5 Å². The van der Waals surface area contributed by atoms with Crippen LogP contribution in [-0.4, -0.2) is 53.9 Å². The second kappa shape index (κ2) is 7.06. The Kier molecular flexibility index (Phi) is 4.99. The van der Waals surface area contributed by atoms with Crippen molar-refractivity contribution < 1.29 is 14.3 Å². The minimum absolute atomic E-state index is 0.0322. The van der Waals surface area contributed by atoms with Gasteiger partial charge in [-0.05, 0) is 64.5 Å². The van der Waals surface area contributed by atoms with Crippen LogP contribution in [0.5, 0.6) is 0 Å². The molecule has 0 bridgehead atoms. The molecule has 3 atom stereocenters. The monoisotopic (exact) mass is 407 g/mol. The van der Waals surface area contributed by atoms with Crippen LogP contribution in [0.4, 0.5) is 10.6 Å². The van der Waals surface area contributed by atoms with Crippen LogP contribution >= 0.6 is 11.6 Å². The predicted molar refractivity (Wildman–Crippen MR) is 109 cm³/mol. The van der Waals surface area contributed by atoms with Gasteiger partial charge in [-0.25, -0.2) is 9.78 Å². The van der Waals surface area contributed by atoms with Crippen LogP contribution in [0.2, 0.25) is 5.02 Å². The lowest BCUT2D eigenvalue weighted by Gasteiger charge is -2.43. The molecule has 28 heavy (non-hydrogen) atoms. The summed E-state index contributed by atoms with van der Waals surface area (Å²) < 4.78 is 11.3. The summed E-state index contributed by atoms with van der Waals surface area (Å²) in [6, 6.07) is 2.42. The quantitative estimate of drug-likeness (QED) is 0.751. The van der Waals surface area contributed by atoms with Gasteiger partial charge >= 0.3 is 6.09 Å². The highest BCUT2D eigenvalue weighted by Gasteiger charge is 2.43. The van der Waals surface area contributed by atoms with E-state index in [1.807, 2.05) is 25.7 Å². The molecule has 154 valence electrons. The number of methoxy groups -OCH3 is 1. The van der Waals surface area contributed by atoms with E-state index in [4.69, 9.17) is 26.1 Å². The number of aromatic nitrogens is 1. The molecule has 1 saturated carbocycles. The van der Waals surface area contributed by atoms with Crippen LogP contribution in [0.15, 0.2) is 6.07 Å². The molecule has 1 saturated heterocycles. The molecule has 6 nitrogen and oxygen atoms in total. The molecule has 1 amide bonds. The molecule has 0 N–H and O–H groups in total. The van der Waals surface area contributed by atoms with Crippen LogP contribution in [0.25, 0.3) is 0 Å². The zero-order chi connectivity index (χ0) is 20.2. The first-order valence-electron chi connectivity index (χ1n) is 10.2. The van der Waals surface area contributed by atoms with Gasteiger partial charge in [0.2, 0.25) is 0 Å². The van der Waals surface area contributed by atoms with Crippen molar-refractivity contribution in [3.63, 3.8) is 0 Å². The number of fused-ring (bicyclic) bond motifs is 3. The van der Waals surface area contributed by atoms with Crippen molar-refractivity contribution in [2.75, 3.05) is 25.1 Å². The summed E-state index contributed by atoms with van der Waals surface area (Å²) in [6.45, 7) is 9.10. The van der Waals surface area contributed by atoms with Crippen molar-refractivity contribution in [3.05, 3.63) is 22.3 Å². The topological polar surface area (TPSA) is 54.9 Å². The molecule has 1 unspecified atom stereocenters. The van der Waals surface area contributed by atoms with Crippen LogP contribution < -0.4 is 4.90 Å². The number of nitrogens with zero attached hydrogens (tertiary/aromatic N) is 3. The molecule has 0 radical (unpaired) electrons. The maximum atomic E-state index is 12.6. The van der Waals surface area contributed by atoms with Crippen molar-refractivity contribution in [3.8, 4) is 0 Å². The molecule has 2 fully saturated rings. The summed E-state index contributed by atoms with van der Waals surface area (Å²) in [7, 11) is 1.74. The van der Waals surface area contributed by atoms with Crippen molar-refractivity contribution in [1.29, 1.82) is 0 Å². The maximum Gasteiger partial charge on any atom is 0.410 e. The van der Waals surface area contributed by atoms with Gasteiger partial charge in [-0.3, -0.25) is 0 Å². The summed E-state index contributed by atoms with van der Waals surface area (Å²) in [5, 5.41) is 0.689. The Morgan fingerprint density at radius 3 is 2.64 bits per heavy atom. The minimum Gasteiger partial charge on any atom is -0.444 e. The average molecular weight is 408 g/mol. The SMILES string of the molecule is COC(c1nc2c(cc1Cl)C[C@@H]1CN(C(=O)OC(C)(C)C)C[C@@H](C)N21)C1CC1. The first kappa shape index (κ1) is 19.8. The number of rotatable bonds is 3. The molecule has 0 spiro atoms. The van der Waals surface area contributed by atoms with E-state index in [0.29, 0.717) is 24.0 Å². The number of pyridine rings is 1. The smallest absolute Gasteiger partial charge is 0.410 e. The highest BCUT2D eigenvalue weighted by molar-refractivity contribution is 6.31. The van der Waals surface area contributed by atoms with E-state index in [-0.39, 0.29) is 24.3 Å². The summed E-state index contributed by atoms with van der Waals surface area (Å²) >= 11 is 6.59. The predicted octanol–water partition coefficient (Wildman–Crippen LogP) is 4.20. The summed E-state index contributed by atoms with van der Waals surface area (Å²) in [6.07, 6.45) is 2.90. The zero-order valence-corrected chi connectivity index (χ0v) is 18.1. The van der Waals surface area contributed by atoms with Crippen LogP contribution in [0.3, 0.4) is 0 Å². The number of hydrogen-bond donors (Lipinski definition) is 0. The first-order chi connectivity index (χ1) is 13.2. The van der Waals surface area contributed by atoms with Crippen molar-refractivity contribution >= 4 is 23.5 Å². The van der Waals surface area contributed by atoms with Gasteiger partial charge in [0.05, 0.1) is 16.8 Å². The number of piperazine rings is 1. The van der Waals surface area contributed by atoms with Crippen molar-refractivity contribution in [1.82, 2.24) is 9.88 Å². The number of carbonyl (C=O) groups is 1. The van der Waals surface area contributed by atoms with E-state index in [9.17, 15) is 4.79 Å². The zero-order valence-electron chi connectivity index (χ0n) is 17.4. The fourth-order valence-electron chi connectivity index (χ4n) is 4.49. The molecule has 0 aromatic carbocycles. The van der Waals surface area contributed by atoms with Gasteiger partial charge < -0.3 is 19.3 Å². The Labute approximate surface area is 172 Å². The normalized spacial score (nSPS) is 25.4. The van der Waals surface area contributed by atoms with E-state index >= 15 is 0 Å². The molecule has 1 aromatic rings. The first-order valence-corrected chi connectivity index (χ1v) is 10.5. The number of anilines is 1. The number of ether oxygens (including phenoxy) is 2. The van der Waals surface area contributed by atoms with E-state index in [1.54, 1.807) is 7.11 Å². The van der Waals surface area contributed by atoms with Crippen LogP contribution in [0, 0.1) is 5.92 Å². The van der Waals surface area contributed by atoms with Gasteiger partial charge in [-0.1, -0.05) is 11.6 Å². The molecule has 3 heterocycles. The van der Waals surface area contributed by atoms with E-state index in [1.165, 1.54) is 12.8 Å². The third kappa shape index (κ3) is 3.69. The highest BCUT2D eigenvalue weighted by Crippen LogP contribution is 2.46. The molecule has 4 rings (SSSR count). The summed E-state index contributed by atoms with van der Waals surface area (Å²) in [5.74, 6) is 1.52. The second-order valence-electron chi connectivity index (χ2n) is 9.33. The summed E-state index contributed by atoms with van der Waals surface area (Å²) in [5.41, 5.74) is 1.52. The lowest BCUT2D eigenvalue weighted by molar-refractivity contribution is 0.0191. The minimum atomic E-state index is -0.488. The van der Waals surface area contributed by atoms with Crippen molar-refractivity contribution in [2.45, 2.75) is 70.7 Å². The van der Waals surface area contributed by atoms with Gasteiger partial charge in [-0.15, -0.1) is 0 Å². The third-order valence-corrected chi connectivity index (χ3v) is 6.07. The highest BCUT2D eigenvalue weighted by atomic mass is 35.5. The Bertz CT molecular complexity index is 775. The fourth-order valence-corrected chi connectivity index (χ4v) is 4.77. The molecule has 7 heteroatoms. The number of hydrogen-bond acceptors (Lipinski definition) is 5. The second-order valence-corrected chi connectivity index (χ2v) is 9.74. The average Bonchev–Trinajstić information content (AvgIpc) is 3.35. The molecule has 3 aliphatic rings. The van der Waals surface area contributed by atoms with E-state index in [2.05, 4.69) is 17.9 Å². The molecular weight excluding hydrogens is 378 g/mol. The van der Waals surface area contributed by atoms with E-state index in [0.717, 1.165) is 23.5 Å². The number of halogens is 1. The van der Waals surface area contributed by atoms with Crippen molar-refractivity contribution in [2.24, 2.45) is 5.92 Å². The maximum absolute atomic E-state index is 12.6.